The van der Waals surface area contributed by atoms with Gasteiger partial charge in [-0.15, -0.1) is 0 Å². The number of amides is 3. The lowest BCUT2D eigenvalue weighted by Gasteiger charge is -2.14. The number of urea groups is 1. The number of nitrogens with two attached hydrogens (primary N) is 1. The Morgan fingerprint density at radius 1 is 1.09 bits per heavy atom. The molecule has 0 aliphatic carbocycles. The Kier molecular flexibility index (Phi) is 6.86. The highest BCUT2D eigenvalue weighted by Crippen LogP contribution is 2.31. The largest absolute Gasteiger partial charge is 0.506 e. The smallest absolute Gasteiger partial charge is 0.337 e. The van der Waals surface area contributed by atoms with Gasteiger partial charge in [-0.3, -0.25) is 20.6 Å². The summed E-state index contributed by atoms with van der Waals surface area (Å²) >= 11 is 6.07. The van der Waals surface area contributed by atoms with Gasteiger partial charge in [-0.05, 0) is 42.8 Å². The molecule has 0 radical (unpaired) electrons. The minimum atomic E-state index is -0.633. The van der Waals surface area contributed by atoms with Gasteiger partial charge in [0.2, 0.25) is 0 Å². The lowest BCUT2D eigenvalue weighted by molar-refractivity contribution is 0.0958. The van der Waals surface area contributed by atoms with Crippen LogP contribution < -0.4 is 32.0 Å². The molecule has 3 aromatic rings. The Labute approximate surface area is 188 Å². The van der Waals surface area contributed by atoms with Crippen molar-refractivity contribution in [2.45, 2.75) is 6.92 Å². The quantitative estimate of drug-likeness (QED) is 0.188. The molecule has 0 aliphatic heterocycles. The number of anilines is 3. The maximum atomic E-state index is 12.2. The normalized spacial score (nSPS) is 10.2. The molecular formula is C21H21ClN6O4. The molecule has 10 nitrogen and oxygen atoms in total. The first-order chi connectivity index (χ1) is 15.3. The van der Waals surface area contributed by atoms with Crippen molar-refractivity contribution in [2.75, 3.05) is 23.5 Å². The van der Waals surface area contributed by atoms with E-state index in [-0.39, 0.29) is 23.0 Å². The Bertz CT molecular complexity index is 1170. The number of nitrogens with one attached hydrogen (secondary N) is 4. The average molecular weight is 457 g/mol. The zero-order valence-corrected chi connectivity index (χ0v) is 17.9. The molecule has 166 valence electrons. The van der Waals surface area contributed by atoms with E-state index < -0.39 is 6.03 Å². The SMILES string of the molecule is CNC(=O)c1cc(Oc2ccc(O)c(NNC(=O)Nc3cc(Cl)c(C)cc3N)c2)ccn1. The lowest BCUT2D eigenvalue weighted by atomic mass is 10.2. The molecule has 7 N–H and O–H groups in total. The maximum absolute atomic E-state index is 12.2. The molecule has 0 spiro atoms. The molecule has 0 aliphatic rings. The van der Waals surface area contributed by atoms with E-state index in [1.54, 1.807) is 25.1 Å². The summed E-state index contributed by atoms with van der Waals surface area (Å²) in [5.41, 5.74) is 12.7. The number of hydrogen-bond donors (Lipinski definition) is 6. The molecule has 0 saturated heterocycles. The van der Waals surface area contributed by atoms with Gasteiger partial charge >= 0.3 is 6.03 Å². The van der Waals surface area contributed by atoms with Crippen LogP contribution in [0.15, 0.2) is 48.7 Å². The van der Waals surface area contributed by atoms with Crippen LogP contribution in [-0.4, -0.2) is 29.1 Å². The van der Waals surface area contributed by atoms with Crippen molar-refractivity contribution in [1.82, 2.24) is 15.7 Å². The monoisotopic (exact) mass is 456 g/mol. The number of ether oxygens (including phenoxy) is 1. The first-order valence-electron chi connectivity index (χ1n) is 9.34. The number of aromatic nitrogens is 1. The van der Waals surface area contributed by atoms with Gasteiger partial charge in [0.25, 0.3) is 5.91 Å². The van der Waals surface area contributed by atoms with Gasteiger partial charge in [-0.25, -0.2) is 4.79 Å². The average Bonchev–Trinajstić information content (AvgIpc) is 2.77. The van der Waals surface area contributed by atoms with E-state index >= 15 is 0 Å². The molecule has 2 aromatic carbocycles. The third-order valence-electron chi connectivity index (χ3n) is 4.28. The number of phenols is 1. The number of benzene rings is 2. The summed E-state index contributed by atoms with van der Waals surface area (Å²) in [7, 11) is 1.50. The van der Waals surface area contributed by atoms with Crippen LogP contribution in [0, 0.1) is 6.92 Å². The van der Waals surface area contributed by atoms with Gasteiger partial charge < -0.3 is 26.2 Å². The van der Waals surface area contributed by atoms with Gasteiger partial charge in [0, 0.05) is 30.4 Å². The topological polar surface area (TPSA) is 151 Å². The maximum Gasteiger partial charge on any atom is 0.337 e. The summed E-state index contributed by atoms with van der Waals surface area (Å²) in [6.07, 6.45) is 1.44. The number of carbonyl (C=O) groups is 2. The fourth-order valence-electron chi connectivity index (χ4n) is 2.63. The third-order valence-corrected chi connectivity index (χ3v) is 4.69. The second kappa shape index (κ2) is 9.75. The van der Waals surface area contributed by atoms with E-state index in [1.807, 2.05) is 0 Å². The van der Waals surface area contributed by atoms with E-state index in [2.05, 4.69) is 26.5 Å². The standard InChI is InChI=1S/C21H21ClN6O4/c1-11-7-15(23)16(10-14(11)22)26-21(31)28-27-17-8-12(3-4-19(17)29)32-13-5-6-25-18(9-13)20(30)24-2/h3-10,27,29H,23H2,1-2H3,(H,24,30)(H2,26,28,31). The number of halogens is 1. The molecule has 3 rings (SSSR count). The summed E-state index contributed by atoms with van der Waals surface area (Å²) in [5, 5.41) is 15.6. The summed E-state index contributed by atoms with van der Waals surface area (Å²) in [5.74, 6) is 0.231. The number of rotatable bonds is 6. The number of hydrogen-bond acceptors (Lipinski definition) is 7. The summed E-state index contributed by atoms with van der Waals surface area (Å²) in [4.78, 5) is 27.9. The molecule has 32 heavy (non-hydrogen) atoms. The number of hydrazine groups is 1. The van der Waals surface area contributed by atoms with E-state index in [0.29, 0.717) is 27.9 Å². The first kappa shape index (κ1) is 22.5. The molecule has 0 unspecified atom stereocenters. The van der Waals surface area contributed by atoms with Crippen LogP contribution in [0.4, 0.5) is 21.9 Å². The Balaban J connectivity index is 1.67. The van der Waals surface area contributed by atoms with E-state index in [1.165, 1.54) is 37.5 Å². The molecule has 11 heteroatoms. The van der Waals surface area contributed by atoms with Crippen molar-refractivity contribution in [1.29, 1.82) is 0 Å². The fourth-order valence-corrected chi connectivity index (χ4v) is 2.80. The van der Waals surface area contributed by atoms with Crippen molar-refractivity contribution >= 4 is 40.6 Å². The van der Waals surface area contributed by atoms with Crippen LogP contribution in [0.3, 0.4) is 0 Å². The summed E-state index contributed by atoms with van der Waals surface area (Å²) in [6.45, 7) is 1.80. The van der Waals surface area contributed by atoms with Crippen LogP contribution in [0.25, 0.3) is 0 Å². The highest BCUT2D eigenvalue weighted by atomic mass is 35.5. The van der Waals surface area contributed by atoms with Crippen molar-refractivity contribution < 1.29 is 19.4 Å². The van der Waals surface area contributed by atoms with Crippen LogP contribution in [0.1, 0.15) is 16.1 Å². The van der Waals surface area contributed by atoms with Crippen molar-refractivity contribution in [2.24, 2.45) is 0 Å². The summed E-state index contributed by atoms with van der Waals surface area (Å²) in [6, 6.07) is 9.98. The Morgan fingerprint density at radius 2 is 1.84 bits per heavy atom. The molecule has 3 amide bonds. The third kappa shape index (κ3) is 5.49. The molecule has 0 bridgehead atoms. The van der Waals surface area contributed by atoms with Gasteiger partial charge in [-0.1, -0.05) is 11.6 Å². The van der Waals surface area contributed by atoms with E-state index in [9.17, 15) is 14.7 Å². The van der Waals surface area contributed by atoms with Crippen LogP contribution >= 0.6 is 11.6 Å². The minimum Gasteiger partial charge on any atom is -0.506 e. The number of nitrogen functional groups attached to an aromatic ring is 1. The van der Waals surface area contributed by atoms with Crippen LogP contribution in [-0.2, 0) is 0 Å². The number of aromatic hydroxyl groups is 1. The van der Waals surface area contributed by atoms with Gasteiger partial charge in [0.15, 0.2) is 0 Å². The number of nitrogens with zero attached hydrogens (tertiary/aromatic N) is 1. The fraction of sp³-hybridized carbons (Fsp3) is 0.0952. The molecule has 0 atom stereocenters. The highest BCUT2D eigenvalue weighted by Gasteiger charge is 2.11. The molecule has 1 aromatic heterocycles. The number of phenolic OH excluding ortho intramolecular Hbond substituents is 1. The lowest BCUT2D eigenvalue weighted by Crippen LogP contribution is -2.33. The van der Waals surface area contributed by atoms with E-state index in [4.69, 9.17) is 22.1 Å². The van der Waals surface area contributed by atoms with Crippen LogP contribution in [0.2, 0.25) is 5.02 Å². The Hall–Kier alpha value is -4.18. The first-order valence-corrected chi connectivity index (χ1v) is 9.72. The molecule has 0 fully saturated rings. The van der Waals surface area contributed by atoms with Gasteiger partial charge in [0.05, 0.1) is 17.1 Å². The second-order valence-electron chi connectivity index (χ2n) is 6.63. The zero-order valence-electron chi connectivity index (χ0n) is 17.2. The van der Waals surface area contributed by atoms with Gasteiger partial charge in [0.1, 0.15) is 22.9 Å². The zero-order chi connectivity index (χ0) is 23.3. The molecular weight excluding hydrogens is 436 g/mol. The van der Waals surface area contributed by atoms with Gasteiger partial charge in [-0.2, -0.15) is 0 Å². The van der Waals surface area contributed by atoms with Crippen molar-refractivity contribution in [3.63, 3.8) is 0 Å². The minimum absolute atomic E-state index is 0.128. The van der Waals surface area contributed by atoms with Crippen LogP contribution in [0.5, 0.6) is 17.2 Å². The molecule has 1 heterocycles. The number of aryl methyl sites for hydroxylation is 1. The highest BCUT2D eigenvalue weighted by molar-refractivity contribution is 6.31. The number of pyridine rings is 1. The predicted octanol–water partition coefficient (Wildman–Crippen LogP) is 3.63. The Morgan fingerprint density at radius 3 is 2.59 bits per heavy atom. The second-order valence-corrected chi connectivity index (χ2v) is 7.04. The number of carbonyl (C=O) groups excluding carboxylic acids is 2. The molecule has 0 saturated carbocycles. The summed E-state index contributed by atoms with van der Waals surface area (Å²) < 4.78 is 5.72. The van der Waals surface area contributed by atoms with Crippen molar-refractivity contribution in [3.05, 3.63) is 64.9 Å². The van der Waals surface area contributed by atoms with Crippen molar-refractivity contribution in [3.8, 4) is 17.2 Å². The van der Waals surface area contributed by atoms with E-state index in [0.717, 1.165) is 5.56 Å². The predicted molar refractivity (Wildman–Crippen MR) is 122 cm³/mol.